The molecule has 0 radical (unpaired) electrons. The maximum absolute atomic E-state index is 12.5. The van der Waals surface area contributed by atoms with E-state index in [1.54, 1.807) is 0 Å². The molecule has 0 aromatic rings. The van der Waals surface area contributed by atoms with E-state index in [2.05, 4.69) is 10.6 Å². The van der Waals surface area contributed by atoms with E-state index < -0.39 is 28.3 Å². The van der Waals surface area contributed by atoms with Gasteiger partial charge >= 0.3 is 16.3 Å². The van der Waals surface area contributed by atoms with Gasteiger partial charge in [0.2, 0.25) is 0 Å². The molecule has 136 valence electrons. The molecule has 10 heteroatoms. The van der Waals surface area contributed by atoms with Crippen molar-refractivity contribution in [3.8, 4) is 0 Å². The first-order chi connectivity index (χ1) is 11.4. The lowest BCUT2D eigenvalue weighted by Crippen LogP contribution is -2.69. The van der Waals surface area contributed by atoms with Gasteiger partial charge in [0.05, 0.1) is 6.04 Å². The quantitative estimate of drug-likeness (QED) is 0.460. The number of amides is 3. The van der Waals surface area contributed by atoms with Crippen LogP contribution in [0.1, 0.15) is 38.5 Å². The monoisotopic (exact) mass is 360 g/mol. The third kappa shape index (κ3) is 3.35. The van der Waals surface area contributed by atoms with Crippen molar-refractivity contribution in [3.05, 3.63) is 0 Å². The number of nitrogens with one attached hydrogen (secondary N) is 2. The Morgan fingerprint density at radius 1 is 1.17 bits per heavy atom. The van der Waals surface area contributed by atoms with Crippen LogP contribution in [0, 0.1) is 0 Å². The first kappa shape index (κ1) is 17.4. The fourth-order valence-corrected chi connectivity index (χ4v) is 4.73. The molecule has 0 aromatic carbocycles. The van der Waals surface area contributed by atoms with Crippen molar-refractivity contribution in [1.29, 1.82) is 0 Å². The maximum Gasteiger partial charge on any atom is 0.362 e. The third-order valence-corrected chi connectivity index (χ3v) is 5.98. The Morgan fingerprint density at radius 2 is 1.88 bits per heavy atom. The maximum atomic E-state index is 12.5. The van der Waals surface area contributed by atoms with Gasteiger partial charge in [0, 0.05) is 12.6 Å². The topological polar surface area (TPSA) is 119 Å². The van der Waals surface area contributed by atoms with Crippen molar-refractivity contribution in [2.24, 2.45) is 0 Å². The summed E-state index contributed by atoms with van der Waals surface area (Å²) in [4.78, 5) is 25.9. The molecule has 0 saturated carbocycles. The Morgan fingerprint density at radius 3 is 2.62 bits per heavy atom. The average Bonchev–Trinajstić information content (AvgIpc) is 2.90. The first-order valence-corrected chi connectivity index (χ1v) is 9.88. The SMILES string of the molecule is O=C(NC1CCCCNCCC1)N1CCC2[C@H]1C(=O)N2S(=O)(=O)O. The van der Waals surface area contributed by atoms with Crippen molar-refractivity contribution in [2.45, 2.75) is 56.7 Å². The van der Waals surface area contributed by atoms with Gasteiger partial charge in [-0.1, -0.05) is 6.42 Å². The normalized spacial score (nSPS) is 31.5. The van der Waals surface area contributed by atoms with Gasteiger partial charge in [-0.2, -0.15) is 8.42 Å². The summed E-state index contributed by atoms with van der Waals surface area (Å²) in [7, 11) is -4.54. The molecule has 3 atom stereocenters. The minimum absolute atomic E-state index is 0.0734. The van der Waals surface area contributed by atoms with Gasteiger partial charge in [0.25, 0.3) is 5.91 Å². The van der Waals surface area contributed by atoms with Crippen molar-refractivity contribution >= 4 is 22.2 Å². The molecule has 3 saturated heterocycles. The molecule has 24 heavy (non-hydrogen) atoms. The van der Waals surface area contributed by atoms with E-state index >= 15 is 0 Å². The number of β-lactam (4-membered cyclic amide) rings is 1. The average molecular weight is 360 g/mol. The zero-order chi connectivity index (χ0) is 17.3. The van der Waals surface area contributed by atoms with Crippen LogP contribution < -0.4 is 10.6 Å². The molecular weight excluding hydrogens is 336 g/mol. The molecule has 3 aliphatic heterocycles. The van der Waals surface area contributed by atoms with Gasteiger partial charge in [-0.15, -0.1) is 0 Å². The van der Waals surface area contributed by atoms with E-state index in [-0.39, 0.29) is 12.1 Å². The van der Waals surface area contributed by atoms with E-state index in [1.165, 1.54) is 4.90 Å². The summed E-state index contributed by atoms with van der Waals surface area (Å²) in [6.45, 7) is 2.24. The van der Waals surface area contributed by atoms with Gasteiger partial charge in [-0.05, 0) is 45.2 Å². The van der Waals surface area contributed by atoms with Crippen LogP contribution in [0.3, 0.4) is 0 Å². The Balaban J connectivity index is 1.59. The van der Waals surface area contributed by atoms with Gasteiger partial charge in [-0.3, -0.25) is 9.35 Å². The highest BCUT2D eigenvalue weighted by Crippen LogP contribution is 2.35. The highest BCUT2D eigenvalue weighted by atomic mass is 32.2. The number of rotatable bonds is 2. The zero-order valence-electron chi connectivity index (χ0n) is 13.5. The van der Waals surface area contributed by atoms with Crippen molar-refractivity contribution < 1.29 is 22.6 Å². The highest BCUT2D eigenvalue weighted by molar-refractivity contribution is 7.84. The minimum atomic E-state index is -4.54. The molecule has 3 amide bonds. The number of nitrogens with zero attached hydrogens (tertiary/aromatic N) is 2. The first-order valence-electron chi connectivity index (χ1n) is 8.48. The molecule has 3 heterocycles. The van der Waals surface area contributed by atoms with Gasteiger partial charge in [-0.25, -0.2) is 9.10 Å². The third-order valence-electron chi connectivity index (χ3n) is 5.04. The smallest absolute Gasteiger partial charge is 0.335 e. The lowest BCUT2D eigenvalue weighted by molar-refractivity contribution is -0.143. The lowest BCUT2D eigenvalue weighted by atomic mass is 10.0. The highest BCUT2D eigenvalue weighted by Gasteiger charge is 2.60. The standard InChI is InChI=1S/C14H24N4O5S/c19-13-12-11(18(13)24(21,22)23)6-9-17(12)14(20)16-10-4-1-2-7-15-8-3-5-10/h10-12,15H,1-9H2,(H,16,20)(H,21,22,23)/t10?,11?,12-/m0/s1. The summed E-state index contributed by atoms with van der Waals surface area (Å²) in [5, 5.41) is 6.34. The Hall–Kier alpha value is -1.39. The van der Waals surface area contributed by atoms with E-state index in [0.717, 1.165) is 45.2 Å². The Kier molecular flexibility index (Phi) is 4.97. The van der Waals surface area contributed by atoms with Crippen LogP contribution in [0.15, 0.2) is 0 Å². The Bertz CT molecular complexity index is 600. The molecule has 0 aliphatic carbocycles. The molecular formula is C14H24N4O5S. The number of urea groups is 1. The van der Waals surface area contributed by atoms with Crippen molar-refractivity contribution in [2.75, 3.05) is 19.6 Å². The molecule has 3 N–H and O–H groups in total. The summed E-state index contributed by atoms with van der Waals surface area (Å²) in [5.41, 5.74) is 0. The second-order valence-electron chi connectivity index (χ2n) is 6.64. The summed E-state index contributed by atoms with van der Waals surface area (Å²) >= 11 is 0. The fraction of sp³-hybridized carbons (Fsp3) is 0.857. The molecule has 3 fully saturated rings. The number of likely N-dealkylation sites (tertiary alicyclic amines) is 1. The van der Waals surface area contributed by atoms with E-state index in [4.69, 9.17) is 4.55 Å². The van der Waals surface area contributed by atoms with Crippen LogP contribution in [0.25, 0.3) is 0 Å². The molecule has 2 unspecified atom stereocenters. The molecule has 0 bridgehead atoms. The van der Waals surface area contributed by atoms with E-state index in [0.29, 0.717) is 17.3 Å². The van der Waals surface area contributed by atoms with Crippen LogP contribution in [0.2, 0.25) is 0 Å². The number of carbonyl (C=O) groups excluding carboxylic acids is 2. The van der Waals surface area contributed by atoms with Crippen LogP contribution in [0.5, 0.6) is 0 Å². The predicted molar refractivity (Wildman–Crippen MR) is 85.6 cm³/mol. The van der Waals surface area contributed by atoms with Gasteiger partial charge < -0.3 is 15.5 Å². The van der Waals surface area contributed by atoms with Crippen molar-refractivity contribution in [3.63, 3.8) is 0 Å². The van der Waals surface area contributed by atoms with Crippen molar-refractivity contribution in [1.82, 2.24) is 19.8 Å². The number of fused-ring (bicyclic) bond motifs is 1. The summed E-state index contributed by atoms with van der Waals surface area (Å²) in [6, 6.07) is -1.65. The second kappa shape index (κ2) is 6.85. The summed E-state index contributed by atoms with van der Waals surface area (Å²) in [6.07, 6.45) is 5.22. The van der Waals surface area contributed by atoms with E-state index in [9.17, 15) is 18.0 Å². The zero-order valence-corrected chi connectivity index (χ0v) is 14.3. The molecule has 3 aliphatic rings. The number of carbonyl (C=O) groups is 2. The molecule has 9 nitrogen and oxygen atoms in total. The van der Waals surface area contributed by atoms with E-state index in [1.807, 2.05) is 0 Å². The van der Waals surface area contributed by atoms with Gasteiger partial charge in [0.1, 0.15) is 6.04 Å². The lowest BCUT2D eigenvalue weighted by Gasteiger charge is -2.42. The van der Waals surface area contributed by atoms with Gasteiger partial charge in [0.15, 0.2) is 0 Å². The van der Waals surface area contributed by atoms with Crippen LogP contribution in [-0.4, -0.2) is 71.9 Å². The molecule has 3 rings (SSSR count). The molecule has 0 aromatic heterocycles. The summed E-state index contributed by atoms with van der Waals surface area (Å²) in [5.74, 6) is -0.728. The van der Waals surface area contributed by atoms with Crippen LogP contribution >= 0.6 is 0 Å². The van der Waals surface area contributed by atoms with Crippen LogP contribution in [-0.2, 0) is 15.1 Å². The summed E-state index contributed by atoms with van der Waals surface area (Å²) < 4.78 is 32.0. The number of hydrogen-bond acceptors (Lipinski definition) is 5. The largest absolute Gasteiger partial charge is 0.362 e. The second-order valence-corrected chi connectivity index (χ2v) is 7.93. The predicted octanol–water partition coefficient (Wildman–Crippen LogP) is -0.294. The van der Waals surface area contributed by atoms with Crippen LogP contribution in [0.4, 0.5) is 4.79 Å². The number of hydrogen-bond donors (Lipinski definition) is 3. The molecule has 0 spiro atoms. The Labute approximate surface area is 141 Å². The minimum Gasteiger partial charge on any atom is -0.335 e. The fourth-order valence-electron chi connectivity index (χ4n) is 3.83.